The molecule has 1 aromatic heterocycles. The lowest BCUT2D eigenvalue weighted by Crippen LogP contribution is -2.05. The monoisotopic (exact) mass is 366 g/mol. The number of rotatable bonds is 5. The second kappa shape index (κ2) is 7.78. The topological polar surface area (TPSA) is 86.0 Å². The molecule has 27 heavy (non-hydrogen) atoms. The minimum absolute atomic E-state index is 0.0187. The maximum atomic E-state index is 12.1. The molecule has 0 spiro atoms. The van der Waals surface area contributed by atoms with Gasteiger partial charge in [0.15, 0.2) is 0 Å². The second-order valence-corrected chi connectivity index (χ2v) is 5.96. The Hall–Kier alpha value is -3.54. The van der Waals surface area contributed by atoms with Crippen molar-refractivity contribution >= 4 is 23.0 Å². The smallest absolute Gasteiger partial charge is 0.336 e. The van der Waals surface area contributed by atoms with Crippen LogP contribution in [0.2, 0.25) is 0 Å². The summed E-state index contributed by atoms with van der Waals surface area (Å²) in [6.07, 6.45) is 2.92. The summed E-state index contributed by atoms with van der Waals surface area (Å²) >= 11 is 0. The molecular formula is C21H18O6. The summed E-state index contributed by atoms with van der Waals surface area (Å²) in [5.74, 6) is 0.0738. The lowest BCUT2D eigenvalue weighted by atomic mass is 10.1. The standard InChI is InChI=1S/C21H18O6/c1-13-3-7-18(25-2)14(9-13)4-8-20(23)26-12-15-10-21(24)27-19-11-16(22)5-6-17(15)19/h3-11,22H,12H2,1-2H3/b8-4+. The lowest BCUT2D eigenvalue weighted by Gasteiger charge is -2.07. The number of fused-ring (bicyclic) bond motifs is 1. The fraction of sp³-hybridized carbons (Fsp3) is 0.143. The molecule has 0 radical (unpaired) electrons. The van der Waals surface area contributed by atoms with Gasteiger partial charge >= 0.3 is 11.6 Å². The molecule has 6 heteroatoms. The molecule has 1 heterocycles. The number of esters is 1. The van der Waals surface area contributed by atoms with Gasteiger partial charge in [-0.2, -0.15) is 0 Å². The second-order valence-electron chi connectivity index (χ2n) is 5.96. The molecule has 3 aromatic rings. The van der Waals surface area contributed by atoms with Gasteiger partial charge in [0, 0.05) is 34.7 Å². The molecular weight excluding hydrogens is 348 g/mol. The van der Waals surface area contributed by atoms with Crippen LogP contribution in [0, 0.1) is 6.92 Å². The van der Waals surface area contributed by atoms with E-state index < -0.39 is 11.6 Å². The van der Waals surface area contributed by atoms with Gasteiger partial charge in [-0.05, 0) is 37.3 Å². The van der Waals surface area contributed by atoms with Crippen LogP contribution in [-0.4, -0.2) is 18.2 Å². The van der Waals surface area contributed by atoms with Gasteiger partial charge in [-0.25, -0.2) is 9.59 Å². The van der Waals surface area contributed by atoms with E-state index in [1.807, 2.05) is 25.1 Å². The average molecular weight is 366 g/mol. The van der Waals surface area contributed by atoms with Crippen LogP contribution in [0.25, 0.3) is 17.0 Å². The summed E-state index contributed by atoms with van der Waals surface area (Å²) in [6, 6.07) is 11.3. The van der Waals surface area contributed by atoms with Crippen molar-refractivity contribution in [1.82, 2.24) is 0 Å². The minimum atomic E-state index is -0.584. The molecule has 3 rings (SSSR count). The predicted molar refractivity (Wildman–Crippen MR) is 101 cm³/mol. The Morgan fingerprint density at radius 2 is 2.00 bits per heavy atom. The molecule has 0 aliphatic heterocycles. The van der Waals surface area contributed by atoms with Crippen molar-refractivity contribution in [2.45, 2.75) is 13.5 Å². The first-order valence-corrected chi connectivity index (χ1v) is 8.21. The van der Waals surface area contributed by atoms with Crippen molar-refractivity contribution in [3.63, 3.8) is 0 Å². The van der Waals surface area contributed by atoms with Crippen molar-refractivity contribution in [2.75, 3.05) is 7.11 Å². The van der Waals surface area contributed by atoms with Crippen LogP contribution in [0.3, 0.4) is 0 Å². The Morgan fingerprint density at radius 3 is 2.78 bits per heavy atom. The first-order valence-electron chi connectivity index (χ1n) is 8.21. The van der Waals surface area contributed by atoms with E-state index in [2.05, 4.69) is 0 Å². The number of hydrogen-bond acceptors (Lipinski definition) is 6. The van der Waals surface area contributed by atoms with E-state index in [9.17, 15) is 14.7 Å². The first-order chi connectivity index (χ1) is 13.0. The van der Waals surface area contributed by atoms with E-state index in [-0.39, 0.29) is 17.9 Å². The van der Waals surface area contributed by atoms with Gasteiger partial charge in [-0.1, -0.05) is 11.6 Å². The molecule has 138 valence electrons. The van der Waals surface area contributed by atoms with Crippen LogP contribution in [-0.2, 0) is 16.1 Å². The van der Waals surface area contributed by atoms with Crippen LogP contribution in [0.15, 0.2) is 57.8 Å². The molecule has 0 unspecified atom stereocenters. The third kappa shape index (κ3) is 4.36. The molecule has 1 N–H and O–H groups in total. The van der Waals surface area contributed by atoms with Gasteiger partial charge in [-0.15, -0.1) is 0 Å². The summed E-state index contributed by atoms with van der Waals surface area (Å²) in [6.45, 7) is 1.85. The van der Waals surface area contributed by atoms with Gasteiger partial charge in [-0.3, -0.25) is 0 Å². The number of ether oxygens (including phenoxy) is 2. The third-order valence-electron chi connectivity index (χ3n) is 3.97. The minimum Gasteiger partial charge on any atom is -0.508 e. The van der Waals surface area contributed by atoms with Crippen molar-refractivity contribution < 1.29 is 23.8 Å². The van der Waals surface area contributed by atoms with Crippen molar-refractivity contribution in [3.05, 3.63) is 75.7 Å². The number of phenols is 1. The highest BCUT2D eigenvalue weighted by atomic mass is 16.5. The molecule has 2 aromatic carbocycles. The Labute approximate surface area is 155 Å². The number of hydrogen-bond donors (Lipinski definition) is 1. The van der Waals surface area contributed by atoms with Gasteiger partial charge in [0.25, 0.3) is 0 Å². The summed E-state index contributed by atoms with van der Waals surface area (Å²) in [5, 5.41) is 10.1. The Kier molecular flexibility index (Phi) is 5.26. The van der Waals surface area contributed by atoms with Crippen molar-refractivity contribution in [3.8, 4) is 11.5 Å². The van der Waals surface area contributed by atoms with Crippen LogP contribution < -0.4 is 10.4 Å². The van der Waals surface area contributed by atoms with Crippen molar-refractivity contribution in [1.29, 1.82) is 0 Å². The number of carbonyl (C=O) groups is 1. The summed E-state index contributed by atoms with van der Waals surface area (Å²) in [5.41, 5.74) is 1.94. The van der Waals surface area contributed by atoms with Crippen LogP contribution in [0.5, 0.6) is 11.5 Å². The fourth-order valence-corrected chi connectivity index (χ4v) is 2.68. The molecule has 0 atom stereocenters. The number of carbonyl (C=O) groups excluding carboxylic acids is 1. The molecule has 0 aliphatic rings. The largest absolute Gasteiger partial charge is 0.508 e. The first kappa shape index (κ1) is 18.3. The van der Waals surface area contributed by atoms with Gasteiger partial charge in [0.2, 0.25) is 0 Å². The molecule has 6 nitrogen and oxygen atoms in total. The van der Waals surface area contributed by atoms with Crippen LogP contribution >= 0.6 is 0 Å². The number of phenolic OH excluding ortho intramolecular Hbond substituents is 1. The molecule has 0 amide bonds. The molecule has 0 fully saturated rings. The molecule has 0 aliphatic carbocycles. The predicted octanol–water partition coefficient (Wildman–Crippen LogP) is 3.57. The maximum absolute atomic E-state index is 12.1. The van der Waals surface area contributed by atoms with Crippen molar-refractivity contribution in [2.24, 2.45) is 0 Å². The number of aromatic hydroxyl groups is 1. The highest BCUT2D eigenvalue weighted by Gasteiger charge is 2.09. The summed E-state index contributed by atoms with van der Waals surface area (Å²) < 4.78 is 15.5. The van der Waals surface area contributed by atoms with Gasteiger partial charge < -0.3 is 19.0 Å². The van der Waals surface area contributed by atoms with Crippen LogP contribution in [0.4, 0.5) is 0 Å². The Bertz CT molecular complexity index is 1080. The van der Waals surface area contributed by atoms with Crippen LogP contribution in [0.1, 0.15) is 16.7 Å². The molecule has 0 bridgehead atoms. The van der Waals surface area contributed by atoms with E-state index in [1.165, 1.54) is 24.3 Å². The average Bonchev–Trinajstić information content (AvgIpc) is 2.64. The van der Waals surface area contributed by atoms with E-state index >= 15 is 0 Å². The third-order valence-corrected chi connectivity index (χ3v) is 3.97. The zero-order chi connectivity index (χ0) is 19.4. The summed E-state index contributed by atoms with van der Waals surface area (Å²) in [4.78, 5) is 23.7. The summed E-state index contributed by atoms with van der Waals surface area (Å²) in [7, 11) is 1.56. The van der Waals surface area contributed by atoms with Gasteiger partial charge in [0.1, 0.15) is 23.7 Å². The molecule has 0 saturated heterocycles. The highest BCUT2D eigenvalue weighted by Crippen LogP contribution is 2.23. The van der Waals surface area contributed by atoms with E-state index in [0.717, 1.165) is 11.1 Å². The Morgan fingerprint density at radius 1 is 1.19 bits per heavy atom. The lowest BCUT2D eigenvalue weighted by molar-refractivity contribution is -0.138. The highest BCUT2D eigenvalue weighted by molar-refractivity contribution is 5.88. The fourth-order valence-electron chi connectivity index (χ4n) is 2.68. The number of methoxy groups -OCH3 is 1. The SMILES string of the molecule is COc1ccc(C)cc1/C=C/C(=O)OCc1cc(=O)oc2cc(O)ccc12. The Balaban J connectivity index is 1.76. The maximum Gasteiger partial charge on any atom is 0.336 e. The number of aryl methyl sites for hydroxylation is 1. The van der Waals surface area contributed by atoms with E-state index in [4.69, 9.17) is 13.9 Å². The normalized spacial score (nSPS) is 11.0. The van der Waals surface area contributed by atoms with Gasteiger partial charge in [0.05, 0.1) is 7.11 Å². The quantitative estimate of drug-likeness (QED) is 0.422. The zero-order valence-electron chi connectivity index (χ0n) is 14.9. The molecule has 0 saturated carbocycles. The van der Waals surface area contributed by atoms with E-state index in [1.54, 1.807) is 19.3 Å². The number of benzene rings is 2. The van der Waals surface area contributed by atoms with E-state index in [0.29, 0.717) is 16.7 Å². The zero-order valence-corrected chi connectivity index (χ0v) is 14.9.